The Morgan fingerprint density at radius 1 is 1.16 bits per heavy atom. The van der Waals surface area contributed by atoms with Crippen molar-refractivity contribution in [3.05, 3.63) is 81.8 Å². The van der Waals surface area contributed by atoms with Crippen LogP contribution < -0.4 is 19.1 Å². The number of ether oxygens (including phenoxy) is 3. The molecule has 0 aliphatic carbocycles. The SMILES string of the molecule is CCOc1ccc(C2C(C(=O)c3cccs3)=C(O)C(=O)N2c2ccc3c(c2)OCO3)cc1. The van der Waals surface area contributed by atoms with Gasteiger partial charge in [0.2, 0.25) is 12.6 Å². The van der Waals surface area contributed by atoms with Crippen LogP contribution in [-0.4, -0.2) is 30.2 Å². The highest BCUT2D eigenvalue weighted by Gasteiger charge is 2.45. The Morgan fingerprint density at radius 2 is 1.94 bits per heavy atom. The summed E-state index contributed by atoms with van der Waals surface area (Å²) < 4.78 is 16.4. The van der Waals surface area contributed by atoms with Crippen LogP contribution in [0.3, 0.4) is 0 Å². The van der Waals surface area contributed by atoms with E-state index in [-0.39, 0.29) is 18.1 Å². The zero-order chi connectivity index (χ0) is 22.2. The van der Waals surface area contributed by atoms with Crippen molar-refractivity contribution in [2.24, 2.45) is 0 Å². The van der Waals surface area contributed by atoms with Crippen molar-refractivity contribution >= 4 is 28.7 Å². The maximum Gasteiger partial charge on any atom is 0.294 e. The number of thiophene rings is 1. The van der Waals surface area contributed by atoms with Gasteiger partial charge in [-0.3, -0.25) is 14.5 Å². The lowest BCUT2D eigenvalue weighted by Gasteiger charge is -2.27. The van der Waals surface area contributed by atoms with Crippen molar-refractivity contribution in [1.82, 2.24) is 0 Å². The topological polar surface area (TPSA) is 85.3 Å². The number of Topliss-reactive ketones (excluding diaryl/α,β-unsaturated/α-hetero) is 1. The number of carbonyl (C=O) groups excluding carboxylic acids is 2. The molecule has 3 heterocycles. The van der Waals surface area contributed by atoms with Gasteiger partial charge in [0.1, 0.15) is 5.75 Å². The predicted octanol–water partition coefficient (Wildman–Crippen LogP) is 4.66. The fourth-order valence-corrected chi connectivity index (χ4v) is 4.59. The summed E-state index contributed by atoms with van der Waals surface area (Å²) >= 11 is 1.26. The fourth-order valence-electron chi connectivity index (χ4n) is 3.91. The number of amides is 1. The minimum absolute atomic E-state index is 0.0410. The first-order valence-corrected chi connectivity index (χ1v) is 10.9. The standard InChI is InChI=1S/C24H19NO6S/c1-2-29-16-8-5-14(6-9-16)21-20(22(26)19-4-3-11-32-19)23(27)24(28)25(21)15-7-10-17-18(12-15)31-13-30-17/h3-12,21,27H,2,13H2,1H3. The largest absolute Gasteiger partial charge is 0.503 e. The van der Waals surface area contributed by atoms with E-state index in [0.29, 0.717) is 40.0 Å². The molecule has 1 aromatic heterocycles. The Hall–Kier alpha value is -3.78. The summed E-state index contributed by atoms with van der Waals surface area (Å²) in [5.74, 6) is 0.161. The Morgan fingerprint density at radius 3 is 2.66 bits per heavy atom. The first-order valence-electron chi connectivity index (χ1n) is 10.1. The molecule has 3 aromatic rings. The molecule has 2 aliphatic heterocycles. The van der Waals surface area contributed by atoms with E-state index in [9.17, 15) is 14.7 Å². The molecule has 0 saturated carbocycles. The van der Waals surface area contributed by atoms with Crippen LogP contribution in [0.5, 0.6) is 17.2 Å². The molecular formula is C24H19NO6S. The molecule has 0 radical (unpaired) electrons. The summed E-state index contributed by atoms with van der Waals surface area (Å²) in [7, 11) is 0. The number of anilines is 1. The molecule has 5 rings (SSSR count). The first kappa shape index (κ1) is 20.1. The van der Waals surface area contributed by atoms with Gasteiger partial charge >= 0.3 is 0 Å². The maximum atomic E-state index is 13.3. The Bertz CT molecular complexity index is 1220. The molecule has 1 N–H and O–H groups in total. The molecule has 8 heteroatoms. The average Bonchev–Trinajstić information content (AvgIpc) is 3.54. The second kappa shape index (κ2) is 8.05. The van der Waals surface area contributed by atoms with E-state index in [1.807, 2.05) is 6.92 Å². The van der Waals surface area contributed by atoms with Gasteiger partial charge in [-0.1, -0.05) is 18.2 Å². The van der Waals surface area contributed by atoms with E-state index in [4.69, 9.17) is 14.2 Å². The van der Waals surface area contributed by atoms with Crippen molar-refractivity contribution in [2.75, 3.05) is 18.3 Å². The highest BCUT2D eigenvalue weighted by molar-refractivity contribution is 7.12. The molecule has 1 atom stereocenters. The lowest BCUT2D eigenvalue weighted by molar-refractivity contribution is -0.117. The summed E-state index contributed by atoms with van der Waals surface area (Å²) in [6, 6.07) is 14.9. The number of carbonyl (C=O) groups is 2. The second-order valence-electron chi connectivity index (χ2n) is 7.19. The van der Waals surface area contributed by atoms with E-state index in [1.165, 1.54) is 16.2 Å². The number of benzene rings is 2. The normalized spacial score (nSPS) is 17.2. The lowest BCUT2D eigenvalue weighted by atomic mass is 9.95. The molecule has 32 heavy (non-hydrogen) atoms. The predicted molar refractivity (Wildman–Crippen MR) is 119 cm³/mol. The Kier molecular flexibility index (Phi) is 5.07. The van der Waals surface area contributed by atoms with Gasteiger partial charge in [-0.05, 0) is 48.2 Å². The molecule has 0 fully saturated rings. The first-order chi connectivity index (χ1) is 15.6. The van der Waals surface area contributed by atoms with Crippen LogP contribution in [-0.2, 0) is 4.79 Å². The highest BCUT2D eigenvalue weighted by Crippen LogP contribution is 2.45. The van der Waals surface area contributed by atoms with Gasteiger partial charge in [0.05, 0.1) is 23.1 Å². The van der Waals surface area contributed by atoms with E-state index >= 15 is 0 Å². The number of rotatable bonds is 6. The molecule has 2 aliphatic rings. The monoisotopic (exact) mass is 449 g/mol. The Labute approximate surface area is 188 Å². The molecular weight excluding hydrogens is 430 g/mol. The third-order valence-electron chi connectivity index (χ3n) is 5.34. The van der Waals surface area contributed by atoms with Crippen LogP contribution >= 0.6 is 11.3 Å². The van der Waals surface area contributed by atoms with E-state index in [1.54, 1.807) is 60.0 Å². The van der Waals surface area contributed by atoms with Crippen molar-refractivity contribution in [1.29, 1.82) is 0 Å². The van der Waals surface area contributed by atoms with Gasteiger partial charge < -0.3 is 19.3 Å². The average molecular weight is 449 g/mol. The van der Waals surface area contributed by atoms with Crippen molar-refractivity contribution in [3.8, 4) is 17.2 Å². The van der Waals surface area contributed by atoms with Gasteiger partial charge in [-0.15, -0.1) is 11.3 Å². The van der Waals surface area contributed by atoms with Crippen LogP contribution in [0.2, 0.25) is 0 Å². The number of aliphatic hydroxyl groups is 1. The zero-order valence-corrected chi connectivity index (χ0v) is 17.9. The molecule has 0 bridgehead atoms. The van der Waals surface area contributed by atoms with Crippen LogP contribution in [0.15, 0.2) is 71.3 Å². The summed E-state index contributed by atoms with van der Waals surface area (Å²) in [6.07, 6.45) is 0. The molecule has 1 unspecified atom stereocenters. The van der Waals surface area contributed by atoms with Crippen molar-refractivity contribution < 1.29 is 28.9 Å². The smallest absolute Gasteiger partial charge is 0.294 e. The van der Waals surface area contributed by atoms with Crippen LogP contribution in [0.1, 0.15) is 28.2 Å². The minimum Gasteiger partial charge on any atom is -0.503 e. The third kappa shape index (κ3) is 3.29. The van der Waals surface area contributed by atoms with Crippen molar-refractivity contribution in [2.45, 2.75) is 13.0 Å². The van der Waals surface area contributed by atoms with Crippen LogP contribution in [0.25, 0.3) is 0 Å². The maximum absolute atomic E-state index is 13.3. The quantitative estimate of drug-likeness (QED) is 0.551. The van der Waals surface area contributed by atoms with Gasteiger partial charge in [-0.2, -0.15) is 0 Å². The van der Waals surface area contributed by atoms with E-state index in [2.05, 4.69) is 0 Å². The van der Waals surface area contributed by atoms with Crippen LogP contribution in [0, 0.1) is 0 Å². The van der Waals surface area contributed by atoms with Gasteiger partial charge in [0.25, 0.3) is 5.91 Å². The number of ketones is 1. The van der Waals surface area contributed by atoms with Crippen molar-refractivity contribution in [3.63, 3.8) is 0 Å². The number of nitrogens with zero attached hydrogens (tertiary/aromatic N) is 1. The van der Waals surface area contributed by atoms with Crippen LogP contribution in [0.4, 0.5) is 5.69 Å². The van der Waals surface area contributed by atoms with E-state index in [0.717, 1.165) is 0 Å². The molecule has 0 spiro atoms. The second-order valence-corrected chi connectivity index (χ2v) is 8.13. The van der Waals surface area contributed by atoms with Gasteiger partial charge in [0, 0.05) is 11.8 Å². The molecule has 7 nitrogen and oxygen atoms in total. The summed E-state index contributed by atoms with van der Waals surface area (Å²) in [6.45, 7) is 2.51. The zero-order valence-electron chi connectivity index (χ0n) is 17.1. The lowest BCUT2D eigenvalue weighted by Crippen LogP contribution is -2.31. The molecule has 1 amide bonds. The Balaban J connectivity index is 1.62. The number of fused-ring (bicyclic) bond motifs is 1. The number of aliphatic hydroxyl groups excluding tert-OH is 1. The molecule has 162 valence electrons. The summed E-state index contributed by atoms with van der Waals surface area (Å²) in [5, 5.41) is 12.6. The highest BCUT2D eigenvalue weighted by atomic mass is 32.1. The molecule has 0 saturated heterocycles. The summed E-state index contributed by atoms with van der Waals surface area (Å²) in [4.78, 5) is 28.4. The minimum atomic E-state index is -0.812. The van der Waals surface area contributed by atoms with Gasteiger partial charge in [0.15, 0.2) is 17.3 Å². The molecule has 2 aromatic carbocycles. The van der Waals surface area contributed by atoms with Gasteiger partial charge in [-0.25, -0.2) is 0 Å². The number of hydrogen-bond acceptors (Lipinski definition) is 7. The summed E-state index contributed by atoms with van der Waals surface area (Å²) in [5.41, 5.74) is 1.20. The van der Waals surface area contributed by atoms with E-state index < -0.39 is 17.7 Å². The third-order valence-corrected chi connectivity index (χ3v) is 6.21. The number of hydrogen-bond donors (Lipinski definition) is 1. The fraction of sp³-hybridized carbons (Fsp3) is 0.167.